The van der Waals surface area contributed by atoms with Crippen molar-refractivity contribution in [1.82, 2.24) is 0 Å². The van der Waals surface area contributed by atoms with Crippen LogP contribution < -0.4 is 0 Å². The molecule has 1 aromatic carbocycles. The fourth-order valence-electron chi connectivity index (χ4n) is 1.44. The van der Waals surface area contributed by atoms with Gasteiger partial charge >= 0.3 is 0 Å². The van der Waals surface area contributed by atoms with Crippen molar-refractivity contribution < 1.29 is 18.0 Å². The van der Waals surface area contributed by atoms with E-state index >= 15 is 0 Å². The normalized spacial score (nSPS) is 12.3. The average molecular weight is 241 g/mol. The van der Waals surface area contributed by atoms with Gasteiger partial charge in [0.1, 0.15) is 23.4 Å². The van der Waals surface area contributed by atoms with Gasteiger partial charge in [0.15, 0.2) is 5.78 Å². The number of nitrogens with zero attached hydrogens (tertiary/aromatic N) is 1. The smallest absolute Gasteiger partial charge is 0.186 e. The molecule has 0 aliphatic carbocycles. The highest BCUT2D eigenvalue weighted by Gasteiger charge is 2.28. The van der Waals surface area contributed by atoms with Crippen molar-refractivity contribution in [1.29, 1.82) is 5.26 Å². The Morgan fingerprint density at radius 1 is 1.24 bits per heavy atom. The van der Waals surface area contributed by atoms with Gasteiger partial charge in [0.25, 0.3) is 0 Å². The van der Waals surface area contributed by atoms with Crippen LogP contribution in [0.5, 0.6) is 0 Å². The SMILES string of the molecule is CC(C)C(C#N)C(=O)c1c(F)cc(F)cc1F. The highest BCUT2D eigenvalue weighted by Crippen LogP contribution is 2.22. The Labute approximate surface area is 96.7 Å². The zero-order valence-electron chi connectivity index (χ0n) is 9.30. The molecule has 0 aliphatic rings. The second-order valence-electron chi connectivity index (χ2n) is 3.96. The topological polar surface area (TPSA) is 40.9 Å². The van der Waals surface area contributed by atoms with Crippen molar-refractivity contribution in [2.24, 2.45) is 11.8 Å². The van der Waals surface area contributed by atoms with Gasteiger partial charge in [-0.05, 0) is 5.92 Å². The number of rotatable bonds is 3. The van der Waals surface area contributed by atoms with Gasteiger partial charge in [0, 0.05) is 12.1 Å². The molecule has 0 radical (unpaired) electrons. The molecule has 90 valence electrons. The first-order valence-corrected chi connectivity index (χ1v) is 4.96. The Kier molecular flexibility index (Phi) is 3.89. The maximum atomic E-state index is 13.3. The maximum absolute atomic E-state index is 13.3. The Bertz CT molecular complexity index is 468. The average Bonchev–Trinajstić information content (AvgIpc) is 2.15. The first kappa shape index (κ1) is 13.2. The number of carbonyl (C=O) groups excluding carboxylic acids is 1. The number of Topliss-reactive ketones (excluding diaryl/α,β-unsaturated/α-hetero) is 1. The molecule has 0 bridgehead atoms. The van der Waals surface area contributed by atoms with Crippen LogP contribution >= 0.6 is 0 Å². The van der Waals surface area contributed by atoms with Crippen molar-refractivity contribution in [3.8, 4) is 6.07 Å². The molecule has 0 amide bonds. The first-order valence-electron chi connectivity index (χ1n) is 4.96. The Balaban J connectivity index is 3.26. The van der Waals surface area contributed by atoms with Crippen LogP contribution in [0, 0.1) is 40.6 Å². The number of benzene rings is 1. The lowest BCUT2D eigenvalue weighted by Crippen LogP contribution is -2.21. The lowest BCUT2D eigenvalue weighted by Gasteiger charge is -2.12. The van der Waals surface area contributed by atoms with Crippen LogP contribution in [0.15, 0.2) is 12.1 Å². The summed E-state index contributed by atoms with van der Waals surface area (Å²) < 4.78 is 39.3. The quantitative estimate of drug-likeness (QED) is 0.763. The zero-order valence-corrected chi connectivity index (χ0v) is 9.30. The van der Waals surface area contributed by atoms with Gasteiger partial charge in [-0.1, -0.05) is 13.8 Å². The lowest BCUT2D eigenvalue weighted by atomic mass is 9.89. The van der Waals surface area contributed by atoms with E-state index in [4.69, 9.17) is 5.26 Å². The molecular formula is C12H10F3NO. The van der Waals surface area contributed by atoms with Crippen LogP contribution in [0.25, 0.3) is 0 Å². The van der Waals surface area contributed by atoms with E-state index < -0.39 is 34.7 Å². The van der Waals surface area contributed by atoms with Crippen LogP contribution in [-0.2, 0) is 0 Å². The molecule has 0 saturated carbocycles. The van der Waals surface area contributed by atoms with Gasteiger partial charge in [-0.3, -0.25) is 4.79 Å². The molecule has 0 spiro atoms. The molecule has 1 atom stereocenters. The third-order valence-corrected chi connectivity index (χ3v) is 2.34. The number of hydrogen-bond donors (Lipinski definition) is 0. The molecule has 0 saturated heterocycles. The molecule has 0 N–H and O–H groups in total. The predicted octanol–water partition coefficient (Wildman–Crippen LogP) is 3.08. The standard InChI is InChI=1S/C12H10F3NO/c1-6(2)8(5-16)12(17)11-9(14)3-7(13)4-10(11)15/h3-4,6,8H,1-2H3. The first-order chi connectivity index (χ1) is 7.88. The number of carbonyl (C=O) groups is 1. The van der Waals surface area contributed by atoms with E-state index in [0.29, 0.717) is 12.1 Å². The fraction of sp³-hybridized carbons (Fsp3) is 0.333. The van der Waals surface area contributed by atoms with Crippen LogP contribution in [0.4, 0.5) is 13.2 Å². The van der Waals surface area contributed by atoms with Gasteiger partial charge in [0.05, 0.1) is 11.6 Å². The summed E-state index contributed by atoms with van der Waals surface area (Å²) in [5.41, 5.74) is -0.855. The van der Waals surface area contributed by atoms with Gasteiger partial charge in [-0.25, -0.2) is 13.2 Å². The van der Waals surface area contributed by atoms with Gasteiger partial charge < -0.3 is 0 Å². The van der Waals surface area contributed by atoms with Crippen molar-refractivity contribution in [2.75, 3.05) is 0 Å². The van der Waals surface area contributed by atoms with Crippen molar-refractivity contribution in [2.45, 2.75) is 13.8 Å². The highest BCUT2D eigenvalue weighted by molar-refractivity contribution is 6.00. The maximum Gasteiger partial charge on any atom is 0.186 e. The van der Waals surface area contributed by atoms with Crippen LogP contribution in [0.3, 0.4) is 0 Å². The minimum absolute atomic E-state index is 0.378. The zero-order chi connectivity index (χ0) is 13.2. The van der Waals surface area contributed by atoms with Crippen LogP contribution in [-0.4, -0.2) is 5.78 Å². The van der Waals surface area contributed by atoms with Gasteiger partial charge in [0.2, 0.25) is 0 Å². The van der Waals surface area contributed by atoms with Gasteiger partial charge in [-0.2, -0.15) is 5.26 Å². The monoisotopic (exact) mass is 241 g/mol. The van der Waals surface area contributed by atoms with E-state index in [9.17, 15) is 18.0 Å². The molecule has 1 aromatic rings. The summed E-state index contributed by atoms with van der Waals surface area (Å²) in [7, 11) is 0. The number of hydrogen-bond acceptors (Lipinski definition) is 2. The molecule has 0 fully saturated rings. The highest BCUT2D eigenvalue weighted by atomic mass is 19.1. The van der Waals surface area contributed by atoms with Crippen molar-refractivity contribution >= 4 is 5.78 Å². The molecule has 2 nitrogen and oxygen atoms in total. The molecule has 0 heterocycles. The second kappa shape index (κ2) is 5.00. The number of nitriles is 1. The summed E-state index contributed by atoms with van der Waals surface area (Å²) in [4.78, 5) is 11.7. The molecule has 17 heavy (non-hydrogen) atoms. The predicted molar refractivity (Wildman–Crippen MR) is 54.6 cm³/mol. The van der Waals surface area contributed by atoms with E-state index in [-0.39, 0.29) is 5.92 Å². The minimum Gasteiger partial charge on any atom is -0.292 e. The van der Waals surface area contributed by atoms with Crippen LogP contribution in [0.2, 0.25) is 0 Å². The van der Waals surface area contributed by atoms with E-state index in [2.05, 4.69) is 0 Å². The van der Waals surface area contributed by atoms with E-state index in [1.165, 1.54) is 0 Å². The van der Waals surface area contributed by atoms with Crippen molar-refractivity contribution in [3.05, 3.63) is 35.1 Å². The molecule has 1 unspecified atom stereocenters. The fourth-order valence-corrected chi connectivity index (χ4v) is 1.44. The summed E-state index contributed by atoms with van der Waals surface area (Å²) in [6.07, 6.45) is 0. The summed E-state index contributed by atoms with van der Waals surface area (Å²) in [5.74, 6) is -6.16. The number of ketones is 1. The molecule has 5 heteroatoms. The third-order valence-electron chi connectivity index (χ3n) is 2.34. The molecular weight excluding hydrogens is 231 g/mol. The second-order valence-corrected chi connectivity index (χ2v) is 3.96. The summed E-state index contributed by atoms with van der Waals surface area (Å²) in [6, 6.07) is 2.54. The largest absolute Gasteiger partial charge is 0.292 e. The third kappa shape index (κ3) is 2.64. The van der Waals surface area contributed by atoms with E-state index in [1.54, 1.807) is 19.9 Å². The van der Waals surface area contributed by atoms with Crippen molar-refractivity contribution in [3.63, 3.8) is 0 Å². The lowest BCUT2D eigenvalue weighted by molar-refractivity contribution is 0.0915. The molecule has 0 aromatic heterocycles. The Hall–Kier alpha value is -1.83. The van der Waals surface area contributed by atoms with Gasteiger partial charge in [-0.15, -0.1) is 0 Å². The van der Waals surface area contributed by atoms with Crippen LogP contribution in [0.1, 0.15) is 24.2 Å². The summed E-state index contributed by atoms with van der Waals surface area (Å²) in [6.45, 7) is 3.18. The summed E-state index contributed by atoms with van der Waals surface area (Å²) >= 11 is 0. The Morgan fingerprint density at radius 2 is 1.71 bits per heavy atom. The summed E-state index contributed by atoms with van der Waals surface area (Å²) in [5, 5.41) is 8.77. The molecule has 0 aliphatic heterocycles. The number of halogens is 3. The Morgan fingerprint density at radius 3 is 2.06 bits per heavy atom. The molecule has 1 rings (SSSR count). The van der Waals surface area contributed by atoms with E-state index in [1.807, 2.05) is 0 Å². The van der Waals surface area contributed by atoms with E-state index in [0.717, 1.165) is 0 Å². The minimum atomic E-state index is -1.28.